The molecular weight excluding hydrogens is 306 g/mol. The fourth-order valence-electron chi connectivity index (χ4n) is 2.28. The van der Waals surface area contributed by atoms with E-state index in [0.29, 0.717) is 5.95 Å². The fourth-order valence-corrected chi connectivity index (χ4v) is 2.74. The zero-order valence-corrected chi connectivity index (χ0v) is 12.3. The van der Waals surface area contributed by atoms with E-state index in [1.54, 1.807) is 0 Å². The van der Waals surface area contributed by atoms with Crippen LogP contribution in [0.3, 0.4) is 0 Å². The molecule has 98 valence electrons. The number of nitrogens with zero attached hydrogens (tertiary/aromatic N) is 4. The first-order valence-corrected chi connectivity index (χ1v) is 6.89. The molecule has 0 spiro atoms. The fraction of sp³-hybridized carbons (Fsp3) is 0.231. The summed E-state index contributed by atoms with van der Waals surface area (Å²) in [5, 5.41) is 4.49. The summed E-state index contributed by atoms with van der Waals surface area (Å²) in [5.74, 6) is 0.476. The molecule has 0 aliphatic heterocycles. The molecule has 0 fully saturated rings. The maximum absolute atomic E-state index is 6.08. The number of nitrogen functional groups attached to an aromatic ring is 1. The number of aromatic nitrogens is 4. The van der Waals surface area contributed by atoms with Crippen molar-refractivity contribution >= 4 is 33.0 Å². The van der Waals surface area contributed by atoms with Crippen molar-refractivity contribution in [2.75, 3.05) is 5.73 Å². The highest BCUT2D eigenvalue weighted by molar-refractivity contribution is 9.10. The second-order valence-corrected chi connectivity index (χ2v) is 5.18. The predicted molar refractivity (Wildman–Crippen MR) is 79.4 cm³/mol. The van der Waals surface area contributed by atoms with Crippen LogP contribution < -0.4 is 5.73 Å². The quantitative estimate of drug-likeness (QED) is 0.790. The topological polar surface area (TPSA) is 61.7 Å². The summed E-state index contributed by atoms with van der Waals surface area (Å²) in [7, 11) is 0. The zero-order valence-electron chi connectivity index (χ0n) is 10.8. The monoisotopic (exact) mass is 319 g/mol. The van der Waals surface area contributed by atoms with Crippen molar-refractivity contribution < 1.29 is 0 Å². The SMILES string of the molecule is CCn1nc(C)c2nc(N)n(-c3ccccc3Br)c21. The van der Waals surface area contributed by atoms with E-state index in [9.17, 15) is 0 Å². The third kappa shape index (κ3) is 1.74. The smallest absolute Gasteiger partial charge is 0.207 e. The molecule has 2 heterocycles. The van der Waals surface area contributed by atoms with Crippen LogP contribution in [0.4, 0.5) is 5.95 Å². The van der Waals surface area contributed by atoms with Crippen molar-refractivity contribution in [3.8, 4) is 5.69 Å². The molecular formula is C13H14BrN5. The molecule has 0 unspecified atom stereocenters. The van der Waals surface area contributed by atoms with Gasteiger partial charge in [0.25, 0.3) is 0 Å². The summed E-state index contributed by atoms with van der Waals surface area (Å²) in [4.78, 5) is 4.44. The molecule has 19 heavy (non-hydrogen) atoms. The highest BCUT2D eigenvalue weighted by Gasteiger charge is 2.18. The Kier molecular flexibility index (Phi) is 2.82. The van der Waals surface area contributed by atoms with Gasteiger partial charge in [-0.1, -0.05) is 12.1 Å². The van der Waals surface area contributed by atoms with Crippen molar-refractivity contribution in [3.63, 3.8) is 0 Å². The van der Waals surface area contributed by atoms with Gasteiger partial charge in [0.1, 0.15) is 5.52 Å². The summed E-state index contributed by atoms with van der Waals surface area (Å²) >= 11 is 3.56. The molecule has 0 aliphatic rings. The van der Waals surface area contributed by atoms with Gasteiger partial charge in [-0.05, 0) is 41.9 Å². The lowest BCUT2D eigenvalue weighted by Gasteiger charge is -2.09. The number of fused-ring (bicyclic) bond motifs is 1. The number of para-hydroxylation sites is 1. The molecule has 3 rings (SSSR count). The number of rotatable bonds is 2. The lowest BCUT2D eigenvalue weighted by Crippen LogP contribution is -2.07. The minimum Gasteiger partial charge on any atom is -0.369 e. The summed E-state index contributed by atoms with van der Waals surface area (Å²) < 4.78 is 4.83. The second-order valence-electron chi connectivity index (χ2n) is 4.33. The summed E-state index contributed by atoms with van der Waals surface area (Å²) in [6.45, 7) is 4.78. The number of nitrogens with two attached hydrogens (primary N) is 1. The van der Waals surface area contributed by atoms with Gasteiger partial charge >= 0.3 is 0 Å². The first kappa shape index (κ1) is 12.2. The van der Waals surface area contributed by atoms with E-state index in [0.717, 1.165) is 33.6 Å². The number of benzene rings is 1. The van der Waals surface area contributed by atoms with Crippen LogP contribution in [0.1, 0.15) is 12.6 Å². The van der Waals surface area contributed by atoms with E-state index in [4.69, 9.17) is 5.73 Å². The van der Waals surface area contributed by atoms with Gasteiger partial charge in [0.2, 0.25) is 5.95 Å². The molecule has 2 aromatic heterocycles. The van der Waals surface area contributed by atoms with Gasteiger partial charge in [-0.25, -0.2) is 9.67 Å². The van der Waals surface area contributed by atoms with E-state index >= 15 is 0 Å². The van der Waals surface area contributed by atoms with Crippen molar-refractivity contribution in [2.24, 2.45) is 0 Å². The minimum absolute atomic E-state index is 0.476. The molecule has 0 radical (unpaired) electrons. The van der Waals surface area contributed by atoms with Gasteiger partial charge in [-0.15, -0.1) is 0 Å². The summed E-state index contributed by atoms with van der Waals surface area (Å²) in [5.41, 5.74) is 9.74. The molecule has 0 saturated carbocycles. The van der Waals surface area contributed by atoms with Gasteiger partial charge in [0, 0.05) is 11.0 Å². The summed E-state index contributed by atoms with van der Waals surface area (Å²) in [6.07, 6.45) is 0. The highest BCUT2D eigenvalue weighted by atomic mass is 79.9. The lowest BCUT2D eigenvalue weighted by atomic mass is 10.3. The first-order valence-electron chi connectivity index (χ1n) is 6.09. The van der Waals surface area contributed by atoms with E-state index < -0.39 is 0 Å². The third-order valence-electron chi connectivity index (χ3n) is 3.13. The lowest BCUT2D eigenvalue weighted by molar-refractivity contribution is 0.663. The minimum atomic E-state index is 0.476. The molecule has 5 nitrogen and oxygen atoms in total. The standard InChI is InChI=1S/C13H14BrN5/c1-3-18-12-11(8(2)17-18)16-13(15)19(12)10-7-5-4-6-9(10)14/h4-7H,3H2,1-2H3,(H2,15,16). The molecule has 3 aromatic rings. The van der Waals surface area contributed by atoms with Gasteiger partial charge in [-0.3, -0.25) is 4.57 Å². The Labute approximate surface area is 119 Å². The molecule has 2 N–H and O–H groups in total. The van der Waals surface area contributed by atoms with Crippen LogP contribution in [0.25, 0.3) is 16.9 Å². The van der Waals surface area contributed by atoms with Crippen molar-refractivity contribution in [2.45, 2.75) is 20.4 Å². The number of hydrogen-bond acceptors (Lipinski definition) is 3. The van der Waals surface area contributed by atoms with Crippen LogP contribution in [-0.2, 0) is 6.54 Å². The van der Waals surface area contributed by atoms with Gasteiger partial charge < -0.3 is 5.73 Å². The van der Waals surface area contributed by atoms with Gasteiger partial charge in [0.15, 0.2) is 5.65 Å². The number of hydrogen-bond donors (Lipinski definition) is 1. The van der Waals surface area contributed by atoms with Gasteiger partial charge in [-0.2, -0.15) is 5.10 Å². The predicted octanol–water partition coefficient (Wildman–Crippen LogP) is 2.90. The van der Waals surface area contributed by atoms with Crippen LogP contribution in [0.2, 0.25) is 0 Å². The Morgan fingerprint density at radius 1 is 1.32 bits per heavy atom. The normalized spacial score (nSPS) is 11.3. The Bertz CT molecular complexity index is 756. The van der Waals surface area contributed by atoms with Gasteiger partial charge in [0.05, 0.1) is 11.4 Å². The number of aryl methyl sites for hydroxylation is 2. The maximum Gasteiger partial charge on any atom is 0.207 e. The largest absolute Gasteiger partial charge is 0.369 e. The van der Waals surface area contributed by atoms with Crippen molar-refractivity contribution in [1.82, 2.24) is 19.3 Å². The van der Waals surface area contributed by atoms with Crippen LogP contribution >= 0.6 is 15.9 Å². The summed E-state index contributed by atoms with van der Waals surface area (Å²) in [6, 6.07) is 7.94. The highest BCUT2D eigenvalue weighted by Crippen LogP contribution is 2.29. The Balaban J connectivity index is 2.41. The molecule has 0 aliphatic carbocycles. The Hall–Kier alpha value is -1.82. The second kappa shape index (κ2) is 4.38. The van der Waals surface area contributed by atoms with Crippen LogP contribution in [-0.4, -0.2) is 19.3 Å². The van der Waals surface area contributed by atoms with E-state index in [2.05, 4.69) is 32.9 Å². The third-order valence-corrected chi connectivity index (χ3v) is 3.80. The molecule has 0 saturated heterocycles. The first-order chi connectivity index (χ1) is 9.13. The Morgan fingerprint density at radius 2 is 2.05 bits per heavy atom. The van der Waals surface area contributed by atoms with Crippen LogP contribution in [0.15, 0.2) is 28.7 Å². The zero-order chi connectivity index (χ0) is 13.6. The molecule has 0 amide bonds. The molecule has 0 atom stereocenters. The molecule has 0 bridgehead atoms. The van der Waals surface area contributed by atoms with E-state index in [1.165, 1.54) is 0 Å². The van der Waals surface area contributed by atoms with Crippen molar-refractivity contribution in [3.05, 3.63) is 34.4 Å². The van der Waals surface area contributed by atoms with E-state index in [1.807, 2.05) is 40.4 Å². The number of halogens is 1. The van der Waals surface area contributed by atoms with E-state index in [-0.39, 0.29) is 0 Å². The van der Waals surface area contributed by atoms with Crippen LogP contribution in [0, 0.1) is 6.92 Å². The maximum atomic E-state index is 6.08. The number of imidazole rings is 1. The van der Waals surface area contributed by atoms with Crippen LogP contribution in [0.5, 0.6) is 0 Å². The molecule has 1 aromatic carbocycles. The average Bonchev–Trinajstić information content (AvgIpc) is 2.88. The number of anilines is 1. The molecule has 6 heteroatoms. The average molecular weight is 320 g/mol. The van der Waals surface area contributed by atoms with Crippen molar-refractivity contribution in [1.29, 1.82) is 0 Å². The Morgan fingerprint density at radius 3 is 2.74 bits per heavy atom.